The molecule has 2 aromatic heterocycles. The highest BCUT2D eigenvalue weighted by atomic mass is 32.1. The number of hydrogen-bond acceptors (Lipinski definition) is 8. The highest BCUT2D eigenvalue weighted by Gasteiger charge is 2.16. The van der Waals surface area contributed by atoms with Crippen LogP contribution >= 0.6 is 11.3 Å². The molecule has 4 rings (SSSR count). The maximum Gasteiger partial charge on any atom is 0.183 e. The van der Waals surface area contributed by atoms with Crippen LogP contribution in [0.4, 0.5) is 16.5 Å². The van der Waals surface area contributed by atoms with E-state index in [0.717, 1.165) is 59.0 Å². The summed E-state index contributed by atoms with van der Waals surface area (Å²) in [7, 11) is 1.87. The second kappa shape index (κ2) is 7.50. The van der Waals surface area contributed by atoms with Gasteiger partial charge in [0, 0.05) is 43.3 Å². The van der Waals surface area contributed by atoms with Crippen molar-refractivity contribution in [2.45, 2.75) is 6.92 Å². The molecule has 1 saturated heterocycles. The summed E-state index contributed by atoms with van der Waals surface area (Å²) in [6, 6.07) is 7.94. The smallest absolute Gasteiger partial charge is 0.183 e. The van der Waals surface area contributed by atoms with Gasteiger partial charge < -0.3 is 20.7 Å². The molecule has 1 fully saturated rings. The minimum absolute atomic E-state index is 0.624. The van der Waals surface area contributed by atoms with Crippen LogP contribution in [0.5, 0.6) is 0 Å². The summed E-state index contributed by atoms with van der Waals surface area (Å²) in [4.78, 5) is 17.1. The van der Waals surface area contributed by atoms with Gasteiger partial charge in [-0.2, -0.15) is 0 Å². The predicted octanol–water partition coefficient (Wildman–Crippen LogP) is 3.04. The zero-order valence-corrected chi connectivity index (χ0v) is 16.2. The van der Waals surface area contributed by atoms with Gasteiger partial charge in [-0.25, -0.2) is 15.0 Å². The average Bonchev–Trinajstić information content (AvgIpc) is 3.10. The fourth-order valence-corrected chi connectivity index (χ4v) is 4.00. The van der Waals surface area contributed by atoms with Crippen molar-refractivity contribution >= 4 is 27.8 Å². The molecule has 140 valence electrons. The molecule has 3 aromatic rings. The third-order valence-electron chi connectivity index (χ3n) is 4.55. The number of nitrogens with two attached hydrogens (primary N) is 1. The van der Waals surface area contributed by atoms with Crippen molar-refractivity contribution in [3.8, 4) is 22.0 Å². The van der Waals surface area contributed by atoms with Gasteiger partial charge in [0.25, 0.3) is 0 Å². The van der Waals surface area contributed by atoms with E-state index in [0.29, 0.717) is 11.5 Å². The first-order valence-corrected chi connectivity index (χ1v) is 9.68. The van der Waals surface area contributed by atoms with Crippen molar-refractivity contribution in [1.82, 2.24) is 15.0 Å². The second-order valence-corrected chi connectivity index (χ2v) is 7.32. The monoisotopic (exact) mass is 382 g/mol. The minimum Gasteiger partial charge on any atom is -0.398 e. The number of anilines is 3. The lowest BCUT2D eigenvalue weighted by atomic mass is 10.1. The van der Waals surface area contributed by atoms with Crippen LogP contribution in [0.3, 0.4) is 0 Å². The van der Waals surface area contributed by atoms with Gasteiger partial charge >= 0.3 is 0 Å². The maximum atomic E-state index is 6.25. The van der Waals surface area contributed by atoms with Gasteiger partial charge in [0.15, 0.2) is 11.0 Å². The zero-order chi connectivity index (χ0) is 18.8. The van der Waals surface area contributed by atoms with Crippen molar-refractivity contribution in [3.63, 3.8) is 0 Å². The average molecular weight is 382 g/mol. The van der Waals surface area contributed by atoms with Gasteiger partial charge in [-0.15, -0.1) is 0 Å². The Morgan fingerprint density at radius 1 is 1.19 bits per heavy atom. The van der Waals surface area contributed by atoms with Crippen LogP contribution in [-0.4, -0.2) is 48.3 Å². The van der Waals surface area contributed by atoms with Crippen LogP contribution in [-0.2, 0) is 4.74 Å². The number of morpholine rings is 1. The Labute approximate surface area is 162 Å². The van der Waals surface area contributed by atoms with Gasteiger partial charge in [0.1, 0.15) is 0 Å². The molecule has 7 nitrogen and oxygen atoms in total. The number of benzene rings is 1. The molecule has 0 atom stereocenters. The summed E-state index contributed by atoms with van der Waals surface area (Å²) in [5.41, 5.74) is 10.7. The van der Waals surface area contributed by atoms with Gasteiger partial charge in [0.2, 0.25) is 0 Å². The van der Waals surface area contributed by atoms with E-state index in [2.05, 4.69) is 26.3 Å². The van der Waals surface area contributed by atoms with Crippen molar-refractivity contribution in [2.24, 2.45) is 0 Å². The zero-order valence-electron chi connectivity index (χ0n) is 15.4. The quantitative estimate of drug-likeness (QED) is 0.670. The maximum absolute atomic E-state index is 6.25. The van der Waals surface area contributed by atoms with E-state index < -0.39 is 0 Å². The number of hydrogen-bond donors (Lipinski definition) is 2. The van der Waals surface area contributed by atoms with E-state index >= 15 is 0 Å². The third-order valence-corrected chi connectivity index (χ3v) is 5.75. The molecule has 0 saturated carbocycles. The Morgan fingerprint density at radius 2 is 2.00 bits per heavy atom. The number of aryl methyl sites for hydroxylation is 1. The summed E-state index contributed by atoms with van der Waals surface area (Å²) < 4.78 is 5.45. The molecule has 27 heavy (non-hydrogen) atoms. The number of ether oxygens (including phenoxy) is 1. The van der Waals surface area contributed by atoms with E-state index in [1.807, 2.05) is 32.2 Å². The molecule has 8 heteroatoms. The lowest BCUT2D eigenvalue weighted by Crippen LogP contribution is -2.36. The molecule has 1 aliphatic heterocycles. The third kappa shape index (κ3) is 3.58. The summed E-state index contributed by atoms with van der Waals surface area (Å²) in [5, 5.41) is 3.96. The van der Waals surface area contributed by atoms with Gasteiger partial charge in [0.05, 0.1) is 29.5 Å². The molecule has 1 aliphatic rings. The number of thiazole rings is 1. The fraction of sp³-hybridized carbons (Fsp3) is 0.316. The molecule has 0 aliphatic carbocycles. The van der Waals surface area contributed by atoms with Crippen molar-refractivity contribution in [1.29, 1.82) is 0 Å². The molecule has 0 spiro atoms. The van der Waals surface area contributed by atoms with Crippen LogP contribution in [0.1, 0.15) is 5.69 Å². The Balaban J connectivity index is 1.72. The number of aromatic nitrogens is 3. The van der Waals surface area contributed by atoms with Crippen LogP contribution in [0.15, 0.2) is 30.5 Å². The fourth-order valence-electron chi connectivity index (χ4n) is 3.11. The van der Waals surface area contributed by atoms with E-state index in [1.165, 1.54) is 0 Å². The molecule has 3 N–H and O–H groups in total. The molecule has 0 bridgehead atoms. The second-order valence-electron chi connectivity index (χ2n) is 6.32. The van der Waals surface area contributed by atoms with E-state index in [-0.39, 0.29) is 0 Å². The lowest BCUT2D eigenvalue weighted by molar-refractivity contribution is 0.122. The van der Waals surface area contributed by atoms with E-state index in [9.17, 15) is 0 Å². The van der Waals surface area contributed by atoms with Gasteiger partial charge in [-0.3, -0.25) is 0 Å². The molecule has 0 radical (unpaired) electrons. The molecular formula is C19H22N6OS. The summed E-state index contributed by atoms with van der Waals surface area (Å²) in [5.74, 6) is 0.624. The Morgan fingerprint density at radius 3 is 2.74 bits per heavy atom. The number of rotatable bonds is 4. The Bertz CT molecular complexity index is 951. The predicted molar refractivity (Wildman–Crippen MR) is 110 cm³/mol. The van der Waals surface area contributed by atoms with Crippen LogP contribution < -0.4 is 16.0 Å². The van der Waals surface area contributed by atoms with Crippen LogP contribution in [0.2, 0.25) is 0 Å². The Hall–Kier alpha value is -2.71. The largest absolute Gasteiger partial charge is 0.398 e. The normalized spacial score (nSPS) is 14.4. The standard InChI is InChI=1S/C19H22N6OS/c1-12-17(27-19(21-2)23-12)16-5-6-22-18(24-16)14-11-13(3-4-15(14)20)25-7-9-26-10-8-25/h3-6,11H,7-10,20H2,1-2H3,(H,21,23). The van der Waals surface area contributed by atoms with Crippen LogP contribution in [0.25, 0.3) is 22.0 Å². The Kier molecular flexibility index (Phi) is 4.91. The first-order valence-electron chi connectivity index (χ1n) is 8.87. The van der Waals surface area contributed by atoms with Gasteiger partial charge in [-0.1, -0.05) is 11.3 Å². The van der Waals surface area contributed by atoms with Gasteiger partial charge in [-0.05, 0) is 31.2 Å². The highest BCUT2D eigenvalue weighted by Crippen LogP contribution is 2.33. The van der Waals surface area contributed by atoms with E-state index in [1.54, 1.807) is 17.5 Å². The summed E-state index contributed by atoms with van der Waals surface area (Å²) in [6.07, 6.45) is 1.77. The SMILES string of the molecule is CNc1nc(C)c(-c2ccnc(-c3cc(N4CCOCC4)ccc3N)n2)s1. The first-order chi connectivity index (χ1) is 13.2. The van der Waals surface area contributed by atoms with Crippen molar-refractivity contribution < 1.29 is 4.74 Å². The number of nitrogens with zero attached hydrogens (tertiary/aromatic N) is 4. The molecule has 0 amide bonds. The first kappa shape index (κ1) is 17.7. The summed E-state index contributed by atoms with van der Waals surface area (Å²) >= 11 is 1.58. The van der Waals surface area contributed by atoms with E-state index in [4.69, 9.17) is 15.5 Å². The number of nitrogen functional groups attached to an aromatic ring is 1. The highest BCUT2D eigenvalue weighted by molar-refractivity contribution is 7.19. The molecule has 1 aromatic carbocycles. The topological polar surface area (TPSA) is 89.2 Å². The van der Waals surface area contributed by atoms with Crippen LogP contribution in [0, 0.1) is 6.92 Å². The number of nitrogens with one attached hydrogen (secondary N) is 1. The summed E-state index contributed by atoms with van der Waals surface area (Å²) in [6.45, 7) is 5.21. The molecule has 0 unspecified atom stereocenters. The lowest BCUT2D eigenvalue weighted by Gasteiger charge is -2.29. The van der Waals surface area contributed by atoms with Crippen molar-refractivity contribution in [3.05, 3.63) is 36.2 Å². The molecule has 3 heterocycles. The molecular weight excluding hydrogens is 360 g/mol. The van der Waals surface area contributed by atoms with Crippen molar-refractivity contribution in [2.75, 3.05) is 49.3 Å². The minimum atomic E-state index is 0.624.